The highest BCUT2D eigenvalue weighted by atomic mass is 16.5. The first kappa shape index (κ1) is 14.2. The highest BCUT2D eigenvalue weighted by molar-refractivity contribution is 5.89. The average Bonchev–Trinajstić information content (AvgIpc) is 2.42. The van der Waals surface area contributed by atoms with Crippen LogP contribution in [-0.2, 0) is 20.9 Å². The first-order valence-electron chi connectivity index (χ1n) is 6.00. The third kappa shape index (κ3) is 4.57. The first-order chi connectivity index (χ1) is 8.67. The zero-order valence-electron chi connectivity index (χ0n) is 10.8. The lowest BCUT2D eigenvalue weighted by Gasteiger charge is -2.06. The molecule has 0 aliphatic heterocycles. The summed E-state index contributed by atoms with van der Waals surface area (Å²) in [5, 5.41) is 0. The topological polar surface area (TPSA) is 52.6 Å². The standard InChI is InChI=1S/C14H18O4/c1-3-4-8-13(15)18-10-11-6-5-7-12(9-11)14(16)17-2/h5-7,9H,3-4,8,10H2,1-2H3. The Morgan fingerprint density at radius 3 is 2.72 bits per heavy atom. The van der Waals surface area contributed by atoms with E-state index in [0.29, 0.717) is 12.0 Å². The molecule has 0 amide bonds. The average molecular weight is 250 g/mol. The van der Waals surface area contributed by atoms with Crippen LogP contribution in [0.5, 0.6) is 0 Å². The zero-order chi connectivity index (χ0) is 13.4. The molecule has 0 fully saturated rings. The molecule has 1 rings (SSSR count). The van der Waals surface area contributed by atoms with E-state index in [-0.39, 0.29) is 12.6 Å². The van der Waals surface area contributed by atoms with Crippen molar-refractivity contribution in [3.63, 3.8) is 0 Å². The van der Waals surface area contributed by atoms with Gasteiger partial charge in [0.15, 0.2) is 0 Å². The minimum absolute atomic E-state index is 0.188. The van der Waals surface area contributed by atoms with Gasteiger partial charge < -0.3 is 9.47 Å². The maximum Gasteiger partial charge on any atom is 0.337 e. The summed E-state index contributed by atoms with van der Waals surface area (Å²) in [4.78, 5) is 22.7. The molecule has 0 aliphatic carbocycles. The maximum atomic E-state index is 11.3. The van der Waals surface area contributed by atoms with Gasteiger partial charge in [0.25, 0.3) is 0 Å². The minimum Gasteiger partial charge on any atom is -0.465 e. The van der Waals surface area contributed by atoms with Crippen molar-refractivity contribution in [3.8, 4) is 0 Å². The van der Waals surface area contributed by atoms with Gasteiger partial charge in [-0.25, -0.2) is 4.79 Å². The Kier molecular flexibility index (Phi) is 5.91. The molecule has 4 heteroatoms. The van der Waals surface area contributed by atoms with Crippen LogP contribution in [0.25, 0.3) is 0 Å². The number of carbonyl (C=O) groups excluding carboxylic acids is 2. The number of unbranched alkanes of at least 4 members (excludes halogenated alkanes) is 1. The van der Waals surface area contributed by atoms with Gasteiger partial charge in [0, 0.05) is 6.42 Å². The summed E-state index contributed by atoms with van der Waals surface area (Å²) in [6.07, 6.45) is 2.24. The zero-order valence-corrected chi connectivity index (χ0v) is 10.8. The summed E-state index contributed by atoms with van der Waals surface area (Å²) in [7, 11) is 1.33. The Labute approximate surface area is 107 Å². The van der Waals surface area contributed by atoms with Crippen LogP contribution in [-0.4, -0.2) is 19.0 Å². The molecular formula is C14H18O4. The molecule has 0 saturated carbocycles. The maximum absolute atomic E-state index is 11.3. The molecule has 1 aromatic rings. The van der Waals surface area contributed by atoms with Crippen molar-refractivity contribution >= 4 is 11.9 Å². The van der Waals surface area contributed by atoms with Crippen LogP contribution in [0.2, 0.25) is 0 Å². The van der Waals surface area contributed by atoms with Gasteiger partial charge in [-0.05, 0) is 24.1 Å². The van der Waals surface area contributed by atoms with E-state index in [1.807, 2.05) is 6.92 Å². The molecule has 0 bridgehead atoms. The van der Waals surface area contributed by atoms with E-state index in [1.54, 1.807) is 24.3 Å². The van der Waals surface area contributed by atoms with Crippen molar-refractivity contribution in [1.82, 2.24) is 0 Å². The molecule has 0 unspecified atom stereocenters. The molecule has 0 saturated heterocycles. The molecule has 18 heavy (non-hydrogen) atoms. The summed E-state index contributed by atoms with van der Waals surface area (Å²) in [5.41, 5.74) is 1.24. The van der Waals surface area contributed by atoms with Crippen LogP contribution in [0.1, 0.15) is 42.1 Å². The van der Waals surface area contributed by atoms with Crippen molar-refractivity contribution < 1.29 is 19.1 Å². The van der Waals surface area contributed by atoms with Crippen molar-refractivity contribution in [2.75, 3.05) is 7.11 Å². The fraction of sp³-hybridized carbons (Fsp3) is 0.429. The van der Waals surface area contributed by atoms with Crippen molar-refractivity contribution in [2.24, 2.45) is 0 Å². The molecule has 0 aromatic heterocycles. The molecule has 1 aromatic carbocycles. The number of rotatable bonds is 6. The van der Waals surface area contributed by atoms with Crippen LogP contribution < -0.4 is 0 Å². The van der Waals surface area contributed by atoms with E-state index < -0.39 is 5.97 Å². The minimum atomic E-state index is -0.394. The highest BCUT2D eigenvalue weighted by Crippen LogP contribution is 2.09. The second-order valence-corrected chi connectivity index (χ2v) is 3.96. The van der Waals surface area contributed by atoms with Gasteiger partial charge in [0.05, 0.1) is 12.7 Å². The Balaban J connectivity index is 2.52. The third-order valence-electron chi connectivity index (χ3n) is 2.48. The monoisotopic (exact) mass is 250 g/mol. The second-order valence-electron chi connectivity index (χ2n) is 3.96. The van der Waals surface area contributed by atoms with E-state index in [4.69, 9.17) is 4.74 Å². The van der Waals surface area contributed by atoms with E-state index in [2.05, 4.69) is 4.74 Å². The fourth-order valence-electron chi connectivity index (χ4n) is 1.46. The van der Waals surface area contributed by atoms with Crippen LogP contribution in [0.4, 0.5) is 0 Å². The number of hydrogen-bond acceptors (Lipinski definition) is 4. The summed E-state index contributed by atoms with van der Waals surface area (Å²) >= 11 is 0. The fourth-order valence-corrected chi connectivity index (χ4v) is 1.46. The van der Waals surface area contributed by atoms with Gasteiger partial charge in [0.1, 0.15) is 6.61 Å². The summed E-state index contributed by atoms with van der Waals surface area (Å²) in [5.74, 6) is -0.602. The number of esters is 2. The molecule has 0 N–H and O–H groups in total. The molecule has 0 spiro atoms. The second kappa shape index (κ2) is 7.48. The van der Waals surface area contributed by atoms with Crippen LogP contribution in [0, 0.1) is 0 Å². The molecule has 0 aliphatic rings. The van der Waals surface area contributed by atoms with Gasteiger partial charge in [-0.15, -0.1) is 0 Å². The molecule has 0 radical (unpaired) electrons. The predicted octanol–water partition coefficient (Wildman–Crippen LogP) is 2.71. The van der Waals surface area contributed by atoms with E-state index in [9.17, 15) is 9.59 Å². The van der Waals surface area contributed by atoms with Gasteiger partial charge in [0.2, 0.25) is 0 Å². The SMILES string of the molecule is CCCCC(=O)OCc1cccc(C(=O)OC)c1. The van der Waals surface area contributed by atoms with E-state index in [1.165, 1.54) is 7.11 Å². The summed E-state index contributed by atoms with van der Waals surface area (Å²) in [6.45, 7) is 2.21. The smallest absolute Gasteiger partial charge is 0.337 e. The van der Waals surface area contributed by atoms with Crippen LogP contribution in [0.3, 0.4) is 0 Å². The molecular weight excluding hydrogens is 232 g/mol. The van der Waals surface area contributed by atoms with Crippen molar-refractivity contribution in [2.45, 2.75) is 32.8 Å². The molecule has 4 nitrogen and oxygen atoms in total. The quantitative estimate of drug-likeness (QED) is 0.728. The molecule has 98 valence electrons. The first-order valence-corrected chi connectivity index (χ1v) is 6.00. The predicted molar refractivity (Wildman–Crippen MR) is 67.1 cm³/mol. The van der Waals surface area contributed by atoms with Gasteiger partial charge >= 0.3 is 11.9 Å². The van der Waals surface area contributed by atoms with Crippen molar-refractivity contribution in [3.05, 3.63) is 35.4 Å². The Bertz CT molecular complexity index is 412. The van der Waals surface area contributed by atoms with Gasteiger partial charge in [-0.3, -0.25) is 4.79 Å². The largest absolute Gasteiger partial charge is 0.465 e. The lowest BCUT2D eigenvalue weighted by atomic mass is 10.1. The number of ether oxygens (including phenoxy) is 2. The normalized spacial score (nSPS) is 9.89. The lowest BCUT2D eigenvalue weighted by molar-refractivity contribution is -0.145. The number of benzene rings is 1. The van der Waals surface area contributed by atoms with Crippen LogP contribution in [0.15, 0.2) is 24.3 Å². The van der Waals surface area contributed by atoms with Crippen molar-refractivity contribution in [1.29, 1.82) is 0 Å². The van der Waals surface area contributed by atoms with Gasteiger partial charge in [-0.1, -0.05) is 25.5 Å². The molecule has 0 atom stereocenters. The summed E-state index contributed by atoms with van der Waals surface area (Å²) < 4.78 is 9.73. The Hall–Kier alpha value is -1.84. The lowest BCUT2D eigenvalue weighted by Crippen LogP contribution is -2.06. The van der Waals surface area contributed by atoms with E-state index >= 15 is 0 Å². The van der Waals surface area contributed by atoms with Gasteiger partial charge in [-0.2, -0.15) is 0 Å². The highest BCUT2D eigenvalue weighted by Gasteiger charge is 2.07. The molecule has 0 heterocycles. The summed E-state index contributed by atoms with van der Waals surface area (Å²) in [6, 6.07) is 6.87. The van der Waals surface area contributed by atoms with Crippen LogP contribution >= 0.6 is 0 Å². The van der Waals surface area contributed by atoms with E-state index in [0.717, 1.165) is 18.4 Å². The Morgan fingerprint density at radius 1 is 1.28 bits per heavy atom. The number of carbonyl (C=O) groups is 2. The Morgan fingerprint density at radius 2 is 2.06 bits per heavy atom. The number of hydrogen-bond donors (Lipinski definition) is 0. The number of methoxy groups -OCH3 is 1. The third-order valence-corrected chi connectivity index (χ3v) is 2.48.